The molecule has 0 aliphatic heterocycles. The van der Waals surface area contributed by atoms with Crippen LogP contribution < -0.4 is 0 Å². The largest absolute Gasteiger partial charge is 0.126 e. The van der Waals surface area contributed by atoms with Crippen molar-refractivity contribution in [2.45, 2.75) is 6.92 Å². The van der Waals surface area contributed by atoms with Crippen LogP contribution in [0.2, 0.25) is 0 Å². The maximum Gasteiger partial charge on any atom is 0.0105 e. The Labute approximate surface area is 55.7 Å². The smallest absolute Gasteiger partial charge is 0.0105 e. The van der Waals surface area contributed by atoms with Gasteiger partial charge in [0.1, 0.15) is 0 Å². The van der Waals surface area contributed by atoms with Crippen LogP contribution in [0.4, 0.5) is 0 Å². The molecule has 4 heteroatoms. The second kappa shape index (κ2) is 6.61. The second-order valence-corrected chi connectivity index (χ2v) is 8.02. The standard InChI is InChI=1S/C2H6BrPS2/c1-2-5-4-6-3/h4H,2H2,1H3. The van der Waals surface area contributed by atoms with Gasteiger partial charge in [0.15, 0.2) is 0 Å². The summed E-state index contributed by atoms with van der Waals surface area (Å²) >= 11 is 5.21. The van der Waals surface area contributed by atoms with E-state index in [0.29, 0.717) is 0 Å². The predicted molar refractivity (Wildman–Crippen MR) is 43.0 cm³/mol. The van der Waals surface area contributed by atoms with Gasteiger partial charge in [-0.1, -0.05) is 6.92 Å². The summed E-state index contributed by atoms with van der Waals surface area (Å²) in [5.74, 6) is 1.23. The Kier molecular flexibility index (Phi) is 8.38. The van der Waals surface area contributed by atoms with Crippen molar-refractivity contribution in [3.8, 4) is 0 Å². The summed E-state index contributed by atoms with van der Waals surface area (Å²) in [5, 5.41) is 0. The van der Waals surface area contributed by atoms with E-state index in [1.54, 1.807) is 9.82 Å². The zero-order chi connectivity index (χ0) is 4.83. The summed E-state index contributed by atoms with van der Waals surface area (Å²) in [6, 6.07) is 0. The molecule has 0 saturated carbocycles. The molecule has 0 rings (SSSR count). The lowest BCUT2D eigenvalue weighted by atomic mass is 11.0. The Morgan fingerprint density at radius 2 is 2.50 bits per heavy atom. The Morgan fingerprint density at radius 1 is 1.83 bits per heavy atom. The molecule has 0 aromatic rings. The van der Waals surface area contributed by atoms with Crippen LogP contribution >= 0.6 is 43.0 Å². The number of hydrogen-bond donors (Lipinski definition) is 0. The first-order chi connectivity index (χ1) is 2.91. The highest BCUT2D eigenvalue weighted by atomic mass is 79.9. The highest BCUT2D eigenvalue weighted by Gasteiger charge is 1.76. The highest BCUT2D eigenvalue weighted by Crippen LogP contribution is 2.45. The number of halogens is 1. The Balaban J connectivity index is 2.34. The van der Waals surface area contributed by atoms with Gasteiger partial charge in [-0.05, 0) is 30.4 Å². The first-order valence-electron chi connectivity index (χ1n) is 1.56. The lowest BCUT2D eigenvalue weighted by Gasteiger charge is -1.85. The lowest BCUT2D eigenvalue weighted by Crippen LogP contribution is -1.47. The molecular formula is C2H6BrPS2. The highest BCUT2D eigenvalue weighted by molar-refractivity contribution is 9.58. The fourth-order valence-corrected chi connectivity index (χ4v) is 4.72. The van der Waals surface area contributed by atoms with Crippen molar-refractivity contribution in [2.75, 3.05) is 5.75 Å². The van der Waals surface area contributed by atoms with Crippen LogP contribution in [-0.2, 0) is 0 Å². The van der Waals surface area contributed by atoms with Crippen LogP contribution in [0.3, 0.4) is 0 Å². The molecular weight excluding hydrogens is 199 g/mol. The summed E-state index contributed by atoms with van der Waals surface area (Å²) in [4.78, 5) is 0. The van der Waals surface area contributed by atoms with Gasteiger partial charge in [0.25, 0.3) is 0 Å². The van der Waals surface area contributed by atoms with E-state index in [4.69, 9.17) is 0 Å². The quantitative estimate of drug-likeness (QED) is 0.512. The molecule has 0 fully saturated rings. The molecule has 0 spiro atoms. The van der Waals surface area contributed by atoms with E-state index in [1.807, 2.05) is 11.4 Å². The molecule has 0 N–H and O–H groups in total. The molecule has 0 aromatic carbocycles. The van der Waals surface area contributed by atoms with Crippen molar-refractivity contribution < 1.29 is 0 Å². The van der Waals surface area contributed by atoms with Crippen LogP contribution in [0.15, 0.2) is 0 Å². The first-order valence-corrected chi connectivity index (χ1v) is 7.65. The van der Waals surface area contributed by atoms with E-state index < -0.39 is 0 Å². The molecule has 0 saturated heterocycles. The van der Waals surface area contributed by atoms with Gasteiger partial charge in [-0.15, -0.1) is 11.4 Å². The topological polar surface area (TPSA) is 0 Å². The normalized spacial score (nSPS) is 11.0. The Morgan fingerprint density at radius 3 is 2.67 bits per heavy atom. The molecule has 0 bridgehead atoms. The van der Waals surface area contributed by atoms with Gasteiger partial charge < -0.3 is 0 Å². The lowest BCUT2D eigenvalue weighted by molar-refractivity contribution is 1.54. The third-order valence-corrected chi connectivity index (χ3v) is 7.31. The molecule has 38 valence electrons. The van der Waals surface area contributed by atoms with Gasteiger partial charge in [0, 0.05) is 6.98 Å². The van der Waals surface area contributed by atoms with Gasteiger partial charge in [-0.3, -0.25) is 0 Å². The third kappa shape index (κ3) is 5.61. The fourth-order valence-electron chi connectivity index (χ4n) is 0.0812. The predicted octanol–water partition coefficient (Wildman–Crippen LogP) is 3.29. The second-order valence-electron chi connectivity index (χ2n) is 0.593. The zero-order valence-electron chi connectivity index (χ0n) is 3.40. The minimum Gasteiger partial charge on any atom is -0.126 e. The molecule has 0 nitrogen and oxygen atoms in total. The average Bonchev–Trinajstić information content (AvgIpc) is 1.61. The van der Waals surface area contributed by atoms with Crippen LogP contribution in [0, 0.1) is 0 Å². The van der Waals surface area contributed by atoms with Gasteiger partial charge in [0.2, 0.25) is 0 Å². The van der Waals surface area contributed by atoms with Crippen molar-refractivity contribution >= 4 is 43.0 Å². The van der Waals surface area contributed by atoms with E-state index in [-0.39, 0.29) is 0 Å². The van der Waals surface area contributed by atoms with Crippen LogP contribution in [0.1, 0.15) is 6.92 Å². The summed E-state index contributed by atoms with van der Waals surface area (Å²) in [5.41, 5.74) is 0. The van der Waals surface area contributed by atoms with E-state index in [0.717, 1.165) is 6.98 Å². The molecule has 6 heavy (non-hydrogen) atoms. The molecule has 0 aliphatic carbocycles. The van der Waals surface area contributed by atoms with Gasteiger partial charge in [0.05, 0.1) is 0 Å². The van der Waals surface area contributed by atoms with E-state index in [2.05, 4.69) is 21.7 Å². The summed E-state index contributed by atoms with van der Waals surface area (Å²) in [6.07, 6.45) is 0. The van der Waals surface area contributed by atoms with Crippen LogP contribution in [0.25, 0.3) is 0 Å². The van der Waals surface area contributed by atoms with Crippen molar-refractivity contribution in [2.24, 2.45) is 0 Å². The fraction of sp³-hybridized carbons (Fsp3) is 1.00. The van der Waals surface area contributed by atoms with Crippen molar-refractivity contribution in [3.05, 3.63) is 0 Å². The minimum absolute atomic E-state index is 0.965. The summed E-state index contributed by atoms with van der Waals surface area (Å²) < 4.78 is 0. The van der Waals surface area contributed by atoms with Gasteiger partial charge >= 0.3 is 0 Å². The summed E-state index contributed by atoms with van der Waals surface area (Å²) in [6.45, 7) is 3.13. The molecule has 0 aromatic heterocycles. The Hall–Kier alpha value is 1.61. The zero-order valence-corrected chi connectivity index (χ0v) is 7.62. The SMILES string of the molecule is CCSPSBr. The van der Waals surface area contributed by atoms with E-state index in [9.17, 15) is 0 Å². The van der Waals surface area contributed by atoms with E-state index >= 15 is 0 Å². The molecule has 0 heterocycles. The van der Waals surface area contributed by atoms with Crippen molar-refractivity contribution in [1.82, 2.24) is 0 Å². The Bertz CT molecular complexity index is 23.5. The third-order valence-electron chi connectivity index (χ3n) is 0.235. The minimum atomic E-state index is 0.965. The van der Waals surface area contributed by atoms with Gasteiger partial charge in [-0.2, -0.15) is 0 Å². The molecule has 1 atom stereocenters. The van der Waals surface area contributed by atoms with Crippen LogP contribution in [0.5, 0.6) is 0 Å². The van der Waals surface area contributed by atoms with E-state index in [1.165, 1.54) is 5.75 Å². The number of hydrogen-bond acceptors (Lipinski definition) is 2. The number of rotatable bonds is 3. The molecule has 0 amide bonds. The molecule has 0 aliphatic rings. The van der Waals surface area contributed by atoms with Gasteiger partial charge in [-0.25, -0.2) is 0 Å². The molecule has 1 unspecified atom stereocenters. The maximum atomic E-state index is 3.26. The average molecular weight is 205 g/mol. The maximum absolute atomic E-state index is 3.26. The van der Waals surface area contributed by atoms with Crippen molar-refractivity contribution in [3.63, 3.8) is 0 Å². The van der Waals surface area contributed by atoms with Crippen LogP contribution in [-0.4, -0.2) is 5.75 Å². The molecule has 0 radical (unpaired) electrons. The van der Waals surface area contributed by atoms with Crippen molar-refractivity contribution in [1.29, 1.82) is 0 Å². The summed E-state index contributed by atoms with van der Waals surface area (Å²) in [7, 11) is 1.73. The first kappa shape index (κ1) is 7.61. The monoisotopic (exact) mass is 204 g/mol.